The first kappa shape index (κ1) is 13.3. The molecule has 0 saturated heterocycles. The lowest BCUT2D eigenvalue weighted by molar-refractivity contribution is 0.0966. The maximum absolute atomic E-state index is 12.4. The molecule has 19 heavy (non-hydrogen) atoms. The largest absolute Gasteiger partial charge is 0.390 e. The van der Waals surface area contributed by atoms with E-state index < -0.39 is 0 Å². The topological polar surface area (TPSA) is 72.2 Å². The molecule has 1 aromatic carbocycles. The fraction of sp³-hybridized carbons (Fsp3) is 0.143. The van der Waals surface area contributed by atoms with Crippen LogP contribution in [0.25, 0.3) is 0 Å². The van der Waals surface area contributed by atoms with Crippen molar-refractivity contribution in [2.75, 3.05) is 12.8 Å². The summed E-state index contributed by atoms with van der Waals surface area (Å²) in [6, 6.07) is 8.91. The number of hydrogen-bond acceptors (Lipinski definition) is 4. The molecule has 0 radical (unpaired) electrons. The molecule has 1 heterocycles. The molecule has 5 heteroatoms. The Hall–Kier alpha value is -2.14. The van der Waals surface area contributed by atoms with Gasteiger partial charge in [0, 0.05) is 12.6 Å². The van der Waals surface area contributed by atoms with E-state index in [1.807, 2.05) is 6.07 Å². The molecule has 0 aliphatic carbocycles. The van der Waals surface area contributed by atoms with Gasteiger partial charge in [0.1, 0.15) is 0 Å². The summed E-state index contributed by atoms with van der Waals surface area (Å²) in [6.45, 7) is 1.74. The number of carbonyl (C=O) groups is 2. The van der Waals surface area contributed by atoms with Crippen LogP contribution in [0.15, 0.2) is 30.3 Å². The molecule has 0 fully saturated rings. The van der Waals surface area contributed by atoms with Crippen LogP contribution in [0.4, 0.5) is 5.00 Å². The van der Waals surface area contributed by atoms with Crippen molar-refractivity contribution in [3.63, 3.8) is 0 Å². The van der Waals surface area contributed by atoms with Gasteiger partial charge in [-0.15, -0.1) is 11.3 Å². The lowest BCUT2D eigenvalue weighted by atomic mass is 10.0. The van der Waals surface area contributed by atoms with Crippen molar-refractivity contribution in [1.82, 2.24) is 5.32 Å². The van der Waals surface area contributed by atoms with E-state index in [0.717, 1.165) is 11.3 Å². The SMILES string of the molecule is CNC(=O)c1sc(N)c(C(=O)c2ccccc2)c1C. The summed E-state index contributed by atoms with van der Waals surface area (Å²) >= 11 is 1.14. The molecule has 0 spiro atoms. The van der Waals surface area contributed by atoms with Gasteiger partial charge in [-0.3, -0.25) is 9.59 Å². The standard InChI is InChI=1S/C14H14N2O2S/c1-8-10(11(17)9-6-4-3-5-7-9)13(15)19-12(8)14(18)16-2/h3-7H,15H2,1-2H3,(H,16,18). The first-order valence-electron chi connectivity index (χ1n) is 5.77. The van der Waals surface area contributed by atoms with Crippen molar-refractivity contribution < 1.29 is 9.59 Å². The second-order valence-electron chi connectivity index (χ2n) is 4.07. The number of carbonyl (C=O) groups excluding carboxylic acids is 2. The highest BCUT2D eigenvalue weighted by atomic mass is 32.1. The second kappa shape index (κ2) is 5.24. The van der Waals surface area contributed by atoms with Gasteiger partial charge in [0.15, 0.2) is 5.78 Å². The van der Waals surface area contributed by atoms with Crippen LogP contribution in [-0.4, -0.2) is 18.7 Å². The smallest absolute Gasteiger partial charge is 0.261 e. The number of nitrogen functional groups attached to an aromatic ring is 1. The third-order valence-electron chi connectivity index (χ3n) is 2.87. The Bertz CT molecular complexity index is 632. The number of nitrogens with two attached hydrogens (primary N) is 1. The summed E-state index contributed by atoms with van der Waals surface area (Å²) < 4.78 is 0. The maximum Gasteiger partial charge on any atom is 0.261 e. The molecule has 4 nitrogen and oxygen atoms in total. The first-order chi connectivity index (χ1) is 9.06. The van der Waals surface area contributed by atoms with Gasteiger partial charge < -0.3 is 11.1 Å². The zero-order chi connectivity index (χ0) is 14.0. The Balaban J connectivity index is 2.49. The van der Waals surface area contributed by atoms with E-state index in [9.17, 15) is 9.59 Å². The van der Waals surface area contributed by atoms with Gasteiger partial charge in [-0.1, -0.05) is 30.3 Å². The predicted octanol–water partition coefficient (Wildman–Crippen LogP) is 2.23. The lowest BCUT2D eigenvalue weighted by Gasteiger charge is -2.02. The minimum Gasteiger partial charge on any atom is -0.390 e. The van der Waals surface area contributed by atoms with Gasteiger partial charge in [-0.05, 0) is 12.5 Å². The average Bonchev–Trinajstić information content (AvgIpc) is 2.73. The molecule has 2 rings (SSSR count). The highest BCUT2D eigenvalue weighted by Gasteiger charge is 2.23. The van der Waals surface area contributed by atoms with E-state index >= 15 is 0 Å². The van der Waals surface area contributed by atoms with Crippen LogP contribution >= 0.6 is 11.3 Å². The molecule has 98 valence electrons. The van der Waals surface area contributed by atoms with Crippen molar-refractivity contribution in [3.05, 3.63) is 51.9 Å². The average molecular weight is 274 g/mol. The number of benzene rings is 1. The van der Waals surface area contributed by atoms with Gasteiger partial charge in [0.25, 0.3) is 5.91 Å². The molecule has 0 atom stereocenters. The fourth-order valence-electron chi connectivity index (χ4n) is 1.88. The van der Waals surface area contributed by atoms with E-state index in [2.05, 4.69) is 5.32 Å². The van der Waals surface area contributed by atoms with E-state index in [4.69, 9.17) is 5.73 Å². The van der Waals surface area contributed by atoms with Crippen molar-refractivity contribution in [3.8, 4) is 0 Å². The van der Waals surface area contributed by atoms with Crippen LogP contribution in [0.1, 0.15) is 31.2 Å². The Kier molecular flexibility index (Phi) is 3.66. The number of thiophene rings is 1. The fourth-order valence-corrected chi connectivity index (χ4v) is 2.90. The monoisotopic (exact) mass is 274 g/mol. The molecule has 0 bridgehead atoms. The lowest BCUT2D eigenvalue weighted by Crippen LogP contribution is -2.17. The minimum atomic E-state index is -0.221. The molecule has 0 aliphatic heterocycles. The Morgan fingerprint density at radius 3 is 2.42 bits per heavy atom. The summed E-state index contributed by atoms with van der Waals surface area (Å²) in [4.78, 5) is 24.6. The first-order valence-corrected chi connectivity index (χ1v) is 6.58. The zero-order valence-electron chi connectivity index (χ0n) is 10.7. The number of rotatable bonds is 3. The van der Waals surface area contributed by atoms with Gasteiger partial charge in [-0.25, -0.2) is 0 Å². The van der Waals surface area contributed by atoms with E-state index in [0.29, 0.717) is 26.6 Å². The Morgan fingerprint density at radius 1 is 1.21 bits per heavy atom. The van der Waals surface area contributed by atoms with Crippen LogP contribution in [0, 0.1) is 6.92 Å². The molecule has 3 N–H and O–H groups in total. The number of nitrogens with one attached hydrogen (secondary N) is 1. The van der Waals surface area contributed by atoms with Crippen molar-refractivity contribution in [2.45, 2.75) is 6.92 Å². The molecule has 0 saturated carbocycles. The minimum absolute atomic E-state index is 0.151. The number of hydrogen-bond donors (Lipinski definition) is 2. The molecule has 0 aliphatic rings. The summed E-state index contributed by atoms with van der Waals surface area (Å²) in [5.41, 5.74) is 7.52. The molecule has 1 amide bonds. The quantitative estimate of drug-likeness (QED) is 0.843. The highest BCUT2D eigenvalue weighted by molar-refractivity contribution is 7.18. The van der Waals surface area contributed by atoms with Gasteiger partial charge in [0.05, 0.1) is 15.4 Å². The van der Waals surface area contributed by atoms with Crippen molar-refractivity contribution in [1.29, 1.82) is 0 Å². The van der Waals surface area contributed by atoms with E-state index in [1.165, 1.54) is 0 Å². The van der Waals surface area contributed by atoms with Gasteiger partial charge in [0.2, 0.25) is 0 Å². The van der Waals surface area contributed by atoms with Crippen LogP contribution in [0.3, 0.4) is 0 Å². The molecular formula is C14H14N2O2S. The molecule has 2 aromatic rings. The van der Waals surface area contributed by atoms with Crippen molar-refractivity contribution in [2.24, 2.45) is 0 Å². The van der Waals surface area contributed by atoms with E-state index in [1.54, 1.807) is 38.2 Å². The number of ketones is 1. The van der Waals surface area contributed by atoms with Crippen molar-refractivity contribution >= 4 is 28.0 Å². The summed E-state index contributed by atoms with van der Waals surface area (Å²) in [5, 5.41) is 2.93. The summed E-state index contributed by atoms with van der Waals surface area (Å²) in [5.74, 6) is -0.372. The van der Waals surface area contributed by atoms with Crippen LogP contribution in [0.5, 0.6) is 0 Å². The molecule has 1 aromatic heterocycles. The normalized spacial score (nSPS) is 10.2. The van der Waals surface area contributed by atoms with Crippen LogP contribution in [0.2, 0.25) is 0 Å². The number of amides is 1. The molecular weight excluding hydrogens is 260 g/mol. The zero-order valence-corrected chi connectivity index (χ0v) is 11.5. The second-order valence-corrected chi connectivity index (χ2v) is 5.12. The van der Waals surface area contributed by atoms with Crippen LogP contribution in [-0.2, 0) is 0 Å². The Morgan fingerprint density at radius 2 is 1.84 bits per heavy atom. The third kappa shape index (κ3) is 2.37. The van der Waals surface area contributed by atoms with E-state index in [-0.39, 0.29) is 11.7 Å². The predicted molar refractivity (Wildman–Crippen MR) is 76.7 cm³/mol. The summed E-state index contributed by atoms with van der Waals surface area (Å²) in [6.07, 6.45) is 0. The molecule has 0 unspecified atom stereocenters. The summed E-state index contributed by atoms with van der Waals surface area (Å²) in [7, 11) is 1.55. The maximum atomic E-state index is 12.4. The van der Waals surface area contributed by atoms with Gasteiger partial charge in [-0.2, -0.15) is 0 Å². The van der Waals surface area contributed by atoms with Gasteiger partial charge >= 0.3 is 0 Å². The Labute approximate surface area is 115 Å². The third-order valence-corrected chi connectivity index (χ3v) is 3.99. The number of anilines is 1. The highest BCUT2D eigenvalue weighted by Crippen LogP contribution is 2.32. The van der Waals surface area contributed by atoms with Crippen LogP contribution < -0.4 is 11.1 Å².